The number of esters is 1. The molecule has 1 atom stereocenters. The number of rotatable bonds is 8. The maximum Gasteiger partial charge on any atom is 0.302 e. The van der Waals surface area contributed by atoms with E-state index >= 15 is 0 Å². The summed E-state index contributed by atoms with van der Waals surface area (Å²) in [7, 11) is 0. The highest BCUT2D eigenvalue weighted by Gasteiger charge is 2.20. The Morgan fingerprint density at radius 1 is 1.00 bits per heavy atom. The summed E-state index contributed by atoms with van der Waals surface area (Å²) >= 11 is 0. The summed E-state index contributed by atoms with van der Waals surface area (Å²) in [6.07, 6.45) is 1.26. The van der Waals surface area contributed by atoms with Crippen molar-refractivity contribution in [1.29, 1.82) is 0 Å². The summed E-state index contributed by atoms with van der Waals surface area (Å²) in [5, 5.41) is 2.69. The van der Waals surface area contributed by atoms with E-state index in [0.29, 0.717) is 25.9 Å². The van der Waals surface area contributed by atoms with E-state index in [0.717, 1.165) is 0 Å². The molecule has 0 heterocycles. The first kappa shape index (κ1) is 22.6. The second kappa shape index (κ2) is 13.0. The molecule has 0 aromatic rings. The van der Waals surface area contributed by atoms with Crippen molar-refractivity contribution in [3.63, 3.8) is 0 Å². The van der Waals surface area contributed by atoms with Crippen LogP contribution in [0.5, 0.6) is 0 Å². The quantitative estimate of drug-likeness (QED) is 0.692. The van der Waals surface area contributed by atoms with Gasteiger partial charge in [0, 0.05) is 19.8 Å². The topological polar surface area (TPSA) is 89.5 Å². The molecule has 0 saturated carbocycles. The minimum Gasteiger partial charge on any atom is -0.466 e. The van der Waals surface area contributed by atoms with Crippen molar-refractivity contribution in [2.24, 2.45) is 5.92 Å². The lowest BCUT2D eigenvalue weighted by atomic mass is 10.0. The highest BCUT2D eigenvalue weighted by molar-refractivity contribution is 5.87. The number of carbonyl (C=O) groups is 4. The van der Waals surface area contributed by atoms with Crippen molar-refractivity contribution in [1.82, 2.24) is 5.32 Å². The third-order valence-corrected chi connectivity index (χ3v) is 2.70. The molecule has 0 spiro atoms. The minimum absolute atomic E-state index is 0.0325. The molecule has 0 unspecified atom stereocenters. The molecule has 6 heteroatoms. The van der Waals surface area contributed by atoms with Crippen LogP contribution >= 0.6 is 0 Å². The number of hydrogen-bond acceptors (Lipinski definition) is 5. The third-order valence-electron chi connectivity index (χ3n) is 2.70. The zero-order valence-corrected chi connectivity index (χ0v) is 14.5. The van der Waals surface area contributed by atoms with Gasteiger partial charge in [-0.2, -0.15) is 0 Å². The Bertz CT molecular complexity index is 377. The molecule has 0 aromatic carbocycles. The van der Waals surface area contributed by atoms with Gasteiger partial charge in [-0.1, -0.05) is 13.8 Å². The zero-order chi connectivity index (χ0) is 17.7. The lowest BCUT2D eigenvalue weighted by Crippen LogP contribution is -2.43. The van der Waals surface area contributed by atoms with Gasteiger partial charge in [0.05, 0.1) is 12.6 Å². The van der Waals surface area contributed by atoms with E-state index in [1.165, 1.54) is 20.8 Å². The molecule has 0 radical (unpaired) electrons. The summed E-state index contributed by atoms with van der Waals surface area (Å²) in [6, 6.07) is -0.412. The fourth-order valence-electron chi connectivity index (χ4n) is 1.68. The van der Waals surface area contributed by atoms with Crippen LogP contribution in [0.3, 0.4) is 0 Å². The number of ketones is 2. The molecular weight excluding hydrogens is 286 g/mol. The molecule has 0 aromatic heterocycles. The maximum atomic E-state index is 11.5. The van der Waals surface area contributed by atoms with Crippen LogP contribution < -0.4 is 5.32 Å². The van der Waals surface area contributed by atoms with Gasteiger partial charge in [0.25, 0.3) is 0 Å². The van der Waals surface area contributed by atoms with Gasteiger partial charge in [-0.3, -0.25) is 14.4 Å². The Kier molecular flexibility index (Phi) is 13.3. The second-order valence-corrected chi connectivity index (χ2v) is 5.38. The second-order valence-electron chi connectivity index (χ2n) is 5.38. The van der Waals surface area contributed by atoms with Crippen molar-refractivity contribution >= 4 is 23.4 Å². The van der Waals surface area contributed by atoms with Crippen LogP contribution in [-0.4, -0.2) is 36.1 Å². The van der Waals surface area contributed by atoms with Crippen LogP contribution in [0, 0.1) is 5.92 Å². The zero-order valence-electron chi connectivity index (χ0n) is 14.5. The monoisotopic (exact) mass is 315 g/mol. The molecule has 6 nitrogen and oxygen atoms in total. The van der Waals surface area contributed by atoms with Gasteiger partial charge < -0.3 is 14.8 Å². The first-order valence-corrected chi connectivity index (χ1v) is 7.54. The third kappa shape index (κ3) is 14.7. The van der Waals surface area contributed by atoms with Gasteiger partial charge in [0.2, 0.25) is 5.91 Å². The SMILES string of the molecule is CC(=O)CCCC(=O)N[C@H](C(C)=O)C(C)C.CCOC(C)=O. The molecule has 0 rings (SSSR count). The fraction of sp³-hybridized carbons (Fsp3) is 0.750. The van der Waals surface area contributed by atoms with Crippen molar-refractivity contribution in [3.05, 3.63) is 0 Å². The van der Waals surface area contributed by atoms with E-state index in [1.54, 1.807) is 6.92 Å². The Balaban J connectivity index is 0. The van der Waals surface area contributed by atoms with Crippen molar-refractivity contribution in [2.45, 2.75) is 66.8 Å². The van der Waals surface area contributed by atoms with E-state index < -0.39 is 6.04 Å². The van der Waals surface area contributed by atoms with Crippen molar-refractivity contribution < 1.29 is 23.9 Å². The fourth-order valence-corrected chi connectivity index (χ4v) is 1.68. The summed E-state index contributed by atoms with van der Waals surface area (Å²) in [5.41, 5.74) is 0. The van der Waals surface area contributed by atoms with Gasteiger partial charge in [0.1, 0.15) is 5.78 Å². The van der Waals surface area contributed by atoms with Crippen LogP contribution in [0.15, 0.2) is 0 Å². The van der Waals surface area contributed by atoms with E-state index in [-0.39, 0.29) is 29.4 Å². The largest absolute Gasteiger partial charge is 0.466 e. The molecule has 0 aliphatic rings. The molecule has 128 valence electrons. The Hall–Kier alpha value is -1.72. The first-order chi connectivity index (χ1) is 10.1. The number of nitrogens with one attached hydrogen (secondary N) is 1. The van der Waals surface area contributed by atoms with Crippen LogP contribution in [0.4, 0.5) is 0 Å². The van der Waals surface area contributed by atoms with E-state index in [2.05, 4.69) is 10.1 Å². The number of hydrogen-bond donors (Lipinski definition) is 1. The van der Waals surface area contributed by atoms with E-state index in [4.69, 9.17) is 0 Å². The average Bonchev–Trinajstić information content (AvgIpc) is 2.35. The first-order valence-electron chi connectivity index (χ1n) is 7.54. The predicted molar refractivity (Wildman–Crippen MR) is 84.3 cm³/mol. The molecule has 0 aliphatic heterocycles. The van der Waals surface area contributed by atoms with Crippen molar-refractivity contribution in [3.8, 4) is 0 Å². The summed E-state index contributed by atoms with van der Waals surface area (Å²) in [6.45, 7) is 10.4. The Labute approximate surface area is 133 Å². The lowest BCUT2D eigenvalue weighted by Gasteiger charge is -2.19. The van der Waals surface area contributed by atoms with Crippen LogP contribution in [0.25, 0.3) is 0 Å². The van der Waals surface area contributed by atoms with Crippen LogP contribution in [-0.2, 0) is 23.9 Å². The molecule has 22 heavy (non-hydrogen) atoms. The van der Waals surface area contributed by atoms with Crippen molar-refractivity contribution in [2.75, 3.05) is 6.61 Å². The van der Waals surface area contributed by atoms with Crippen LogP contribution in [0.2, 0.25) is 0 Å². The maximum absolute atomic E-state index is 11.5. The molecule has 0 aliphatic carbocycles. The number of Topliss-reactive ketones (excluding diaryl/α,β-unsaturated/α-hetero) is 2. The smallest absolute Gasteiger partial charge is 0.302 e. The van der Waals surface area contributed by atoms with Gasteiger partial charge in [-0.05, 0) is 33.1 Å². The highest BCUT2D eigenvalue weighted by Crippen LogP contribution is 2.04. The molecular formula is C16H29NO5. The molecule has 0 saturated heterocycles. The number of amides is 1. The predicted octanol–water partition coefficient (Wildman–Crippen LogP) is 2.04. The summed E-state index contributed by atoms with van der Waals surface area (Å²) in [4.78, 5) is 43.2. The Morgan fingerprint density at radius 3 is 1.82 bits per heavy atom. The number of carbonyl (C=O) groups excluding carboxylic acids is 4. The van der Waals surface area contributed by atoms with E-state index in [9.17, 15) is 19.2 Å². The van der Waals surface area contributed by atoms with Gasteiger partial charge in [0.15, 0.2) is 5.78 Å². The summed E-state index contributed by atoms with van der Waals surface area (Å²) in [5.74, 6) is -0.225. The molecule has 1 N–H and O–H groups in total. The molecule has 1 amide bonds. The standard InChI is InChI=1S/C12H21NO3.C4H8O2/c1-8(2)12(10(4)15)13-11(16)7-5-6-9(3)14;1-3-6-4(2)5/h8,12H,5-7H2,1-4H3,(H,13,16);3H2,1-2H3/t12-;/m0./s1. The van der Waals surface area contributed by atoms with Gasteiger partial charge in [-0.25, -0.2) is 0 Å². The average molecular weight is 315 g/mol. The summed E-state index contributed by atoms with van der Waals surface area (Å²) < 4.78 is 4.40. The normalized spacial score (nSPS) is 11.0. The van der Waals surface area contributed by atoms with Gasteiger partial charge >= 0.3 is 5.97 Å². The van der Waals surface area contributed by atoms with E-state index in [1.807, 2.05) is 13.8 Å². The number of ether oxygens (including phenoxy) is 1. The highest BCUT2D eigenvalue weighted by atomic mass is 16.5. The molecule has 0 fully saturated rings. The van der Waals surface area contributed by atoms with Gasteiger partial charge in [-0.15, -0.1) is 0 Å². The minimum atomic E-state index is -0.412. The Morgan fingerprint density at radius 2 is 1.55 bits per heavy atom. The van der Waals surface area contributed by atoms with Crippen LogP contribution in [0.1, 0.15) is 60.8 Å². The lowest BCUT2D eigenvalue weighted by molar-refractivity contribution is -0.140. The molecule has 0 bridgehead atoms.